The molecular weight excluding hydrogens is 468 g/mol. The summed E-state index contributed by atoms with van der Waals surface area (Å²) in [6.45, 7) is 2.57. The van der Waals surface area contributed by atoms with Crippen molar-refractivity contribution in [2.75, 3.05) is 31.8 Å². The Morgan fingerprint density at radius 2 is 1.78 bits per heavy atom. The van der Waals surface area contributed by atoms with Crippen molar-refractivity contribution in [3.63, 3.8) is 0 Å². The Kier molecular flexibility index (Phi) is 8.29. The predicted octanol–water partition coefficient (Wildman–Crippen LogP) is 5.35. The topological polar surface area (TPSA) is 68.3 Å². The maximum atomic E-state index is 13.7. The fourth-order valence-electron chi connectivity index (χ4n) is 5.70. The molecular formula is C30H38N2O5. The summed E-state index contributed by atoms with van der Waals surface area (Å²) < 4.78 is 17.5. The lowest BCUT2D eigenvalue weighted by atomic mass is 10.1. The molecule has 0 N–H and O–H groups in total. The third-order valence-electron chi connectivity index (χ3n) is 7.81. The van der Waals surface area contributed by atoms with Crippen molar-refractivity contribution in [1.82, 2.24) is 4.90 Å². The van der Waals surface area contributed by atoms with Crippen LogP contribution >= 0.6 is 0 Å². The average molecular weight is 507 g/mol. The van der Waals surface area contributed by atoms with E-state index in [9.17, 15) is 9.59 Å². The second kappa shape index (κ2) is 12.0. The molecule has 0 bridgehead atoms. The minimum Gasteiger partial charge on any atom is -0.493 e. The fourth-order valence-corrected chi connectivity index (χ4v) is 5.70. The van der Waals surface area contributed by atoms with Crippen molar-refractivity contribution in [3.05, 3.63) is 53.6 Å². The van der Waals surface area contributed by atoms with Crippen LogP contribution in [0.15, 0.2) is 42.5 Å². The summed E-state index contributed by atoms with van der Waals surface area (Å²) >= 11 is 0. The van der Waals surface area contributed by atoms with Gasteiger partial charge in [0.25, 0.3) is 5.91 Å². The highest BCUT2D eigenvalue weighted by Crippen LogP contribution is 2.32. The molecule has 5 rings (SSSR count). The smallest absolute Gasteiger partial charge is 0.254 e. The first-order valence-corrected chi connectivity index (χ1v) is 13.7. The standard InChI is InChI=1S/C30H38N2O5/c1-35-28-19-22(11-16-27(28)37-21-26-9-4-5-18-36-26)20-32(24-7-2-3-8-24)30(34)23-12-14-25(15-13-23)31-17-6-10-29(31)33/h11-16,19,24,26H,2-10,17-18,20-21H2,1H3. The molecule has 2 amide bonds. The van der Waals surface area contributed by atoms with Crippen LogP contribution in [0, 0.1) is 0 Å². The second-order valence-electron chi connectivity index (χ2n) is 10.4. The molecule has 0 spiro atoms. The molecule has 2 aliphatic heterocycles. The zero-order valence-electron chi connectivity index (χ0n) is 21.8. The largest absolute Gasteiger partial charge is 0.493 e. The van der Waals surface area contributed by atoms with Crippen molar-refractivity contribution in [3.8, 4) is 11.5 Å². The molecule has 3 fully saturated rings. The minimum absolute atomic E-state index is 0.0277. The van der Waals surface area contributed by atoms with Gasteiger partial charge >= 0.3 is 0 Å². The van der Waals surface area contributed by atoms with Crippen molar-refractivity contribution in [2.24, 2.45) is 0 Å². The average Bonchev–Trinajstić information content (AvgIpc) is 3.63. The molecule has 0 aromatic heterocycles. The number of ether oxygens (including phenoxy) is 3. The first kappa shape index (κ1) is 25.6. The van der Waals surface area contributed by atoms with Gasteiger partial charge in [0.05, 0.1) is 13.2 Å². The molecule has 2 saturated heterocycles. The van der Waals surface area contributed by atoms with Crippen molar-refractivity contribution in [2.45, 2.75) is 76.5 Å². The van der Waals surface area contributed by atoms with Gasteiger partial charge < -0.3 is 24.0 Å². The Hall–Kier alpha value is -3.06. The Labute approximate surface area is 219 Å². The Balaban J connectivity index is 1.29. The second-order valence-corrected chi connectivity index (χ2v) is 10.4. The Morgan fingerprint density at radius 1 is 1.00 bits per heavy atom. The van der Waals surface area contributed by atoms with E-state index in [4.69, 9.17) is 14.2 Å². The molecule has 2 aromatic carbocycles. The zero-order valence-corrected chi connectivity index (χ0v) is 21.8. The minimum atomic E-state index is 0.0277. The molecule has 1 atom stereocenters. The van der Waals surface area contributed by atoms with E-state index in [2.05, 4.69) is 0 Å². The highest BCUT2D eigenvalue weighted by atomic mass is 16.5. The number of rotatable bonds is 9. The first-order chi connectivity index (χ1) is 18.1. The van der Waals surface area contributed by atoms with Crippen LogP contribution in [0.5, 0.6) is 11.5 Å². The van der Waals surface area contributed by atoms with E-state index in [0.29, 0.717) is 36.6 Å². The molecule has 1 aliphatic carbocycles. The van der Waals surface area contributed by atoms with Crippen LogP contribution in [0.3, 0.4) is 0 Å². The van der Waals surface area contributed by atoms with E-state index in [0.717, 1.165) is 69.3 Å². The van der Waals surface area contributed by atoms with E-state index < -0.39 is 0 Å². The number of carbonyl (C=O) groups excluding carboxylic acids is 2. The maximum absolute atomic E-state index is 13.7. The maximum Gasteiger partial charge on any atom is 0.254 e. The molecule has 2 aromatic rings. The molecule has 3 aliphatic rings. The monoisotopic (exact) mass is 506 g/mol. The summed E-state index contributed by atoms with van der Waals surface area (Å²) in [5.74, 6) is 1.55. The third-order valence-corrected chi connectivity index (χ3v) is 7.81. The van der Waals surface area contributed by atoms with Gasteiger partial charge in [0.1, 0.15) is 6.61 Å². The van der Waals surface area contributed by atoms with Crippen LogP contribution in [0.25, 0.3) is 0 Å². The molecule has 2 heterocycles. The van der Waals surface area contributed by atoms with Gasteiger partial charge in [-0.25, -0.2) is 0 Å². The Morgan fingerprint density at radius 3 is 2.46 bits per heavy atom. The van der Waals surface area contributed by atoms with Crippen LogP contribution in [0.1, 0.15) is 73.7 Å². The molecule has 198 valence electrons. The summed E-state index contributed by atoms with van der Waals surface area (Å²) in [5.41, 5.74) is 2.53. The number of methoxy groups -OCH3 is 1. The lowest BCUT2D eigenvalue weighted by Crippen LogP contribution is -2.38. The predicted molar refractivity (Wildman–Crippen MR) is 142 cm³/mol. The van der Waals surface area contributed by atoms with Crippen LogP contribution in [0.4, 0.5) is 5.69 Å². The summed E-state index contributed by atoms with van der Waals surface area (Å²) in [6, 6.07) is 13.7. The number of hydrogen-bond donors (Lipinski definition) is 0. The van der Waals surface area contributed by atoms with Crippen LogP contribution in [0.2, 0.25) is 0 Å². The van der Waals surface area contributed by atoms with Crippen molar-refractivity contribution < 1.29 is 23.8 Å². The quantitative estimate of drug-likeness (QED) is 0.458. The summed E-state index contributed by atoms with van der Waals surface area (Å²) in [4.78, 5) is 29.6. The van der Waals surface area contributed by atoms with Gasteiger partial charge in [-0.2, -0.15) is 0 Å². The Bertz CT molecular complexity index is 1070. The molecule has 1 saturated carbocycles. The number of benzene rings is 2. The van der Waals surface area contributed by atoms with Gasteiger partial charge in [0, 0.05) is 43.4 Å². The molecule has 37 heavy (non-hydrogen) atoms. The van der Waals surface area contributed by atoms with Crippen molar-refractivity contribution in [1.29, 1.82) is 0 Å². The van der Waals surface area contributed by atoms with Gasteiger partial charge in [-0.05, 0) is 80.5 Å². The van der Waals surface area contributed by atoms with Crippen molar-refractivity contribution >= 4 is 17.5 Å². The van der Waals surface area contributed by atoms with Crippen LogP contribution < -0.4 is 14.4 Å². The molecule has 7 nitrogen and oxygen atoms in total. The number of hydrogen-bond acceptors (Lipinski definition) is 5. The van der Waals surface area contributed by atoms with Gasteiger partial charge in [-0.3, -0.25) is 9.59 Å². The van der Waals surface area contributed by atoms with Crippen LogP contribution in [-0.2, 0) is 16.1 Å². The van der Waals surface area contributed by atoms with Gasteiger partial charge in [0.2, 0.25) is 5.91 Å². The lowest BCUT2D eigenvalue weighted by molar-refractivity contribution is -0.117. The summed E-state index contributed by atoms with van der Waals surface area (Å²) in [7, 11) is 1.65. The van der Waals surface area contributed by atoms with Gasteiger partial charge in [0.15, 0.2) is 11.5 Å². The van der Waals surface area contributed by atoms with E-state index in [1.807, 2.05) is 47.4 Å². The highest BCUT2D eigenvalue weighted by Gasteiger charge is 2.29. The third kappa shape index (κ3) is 6.09. The zero-order chi connectivity index (χ0) is 25.6. The number of nitrogens with zero attached hydrogens (tertiary/aromatic N) is 2. The number of carbonyl (C=O) groups is 2. The van der Waals surface area contributed by atoms with E-state index in [-0.39, 0.29) is 24.0 Å². The summed E-state index contributed by atoms with van der Waals surface area (Å²) in [5, 5.41) is 0. The lowest BCUT2D eigenvalue weighted by Gasteiger charge is -2.30. The van der Waals surface area contributed by atoms with Crippen LogP contribution in [-0.4, -0.2) is 55.7 Å². The van der Waals surface area contributed by atoms with E-state index in [1.54, 1.807) is 12.0 Å². The normalized spacial score (nSPS) is 20.3. The molecule has 1 unspecified atom stereocenters. The first-order valence-electron chi connectivity index (χ1n) is 13.7. The fraction of sp³-hybridized carbons (Fsp3) is 0.533. The molecule has 0 radical (unpaired) electrons. The van der Waals surface area contributed by atoms with Gasteiger partial charge in [-0.15, -0.1) is 0 Å². The molecule has 7 heteroatoms. The highest BCUT2D eigenvalue weighted by molar-refractivity contribution is 5.97. The van der Waals surface area contributed by atoms with Gasteiger partial charge in [-0.1, -0.05) is 18.9 Å². The van der Waals surface area contributed by atoms with E-state index in [1.165, 1.54) is 6.42 Å². The number of amides is 2. The van der Waals surface area contributed by atoms with E-state index >= 15 is 0 Å². The SMILES string of the molecule is COc1cc(CN(C(=O)c2ccc(N3CCCC3=O)cc2)C2CCCC2)ccc1OCC1CCCCO1. The number of anilines is 1. The summed E-state index contributed by atoms with van der Waals surface area (Å²) in [6.07, 6.45) is 9.25.